The molecule has 2 N–H and O–H groups in total. The summed E-state index contributed by atoms with van der Waals surface area (Å²) in [4.78, 5) is 12.0. The smallest absolute Gasteiger partial charge is 0.253 e. The fourth-order valence-corrected chi connectivity index (χ4v) is 2.18. The van der Waals surface area contributed by atoms with Crippen LogP contribution in [0.3, 0.4) is 0 Å². The third-order valence-electron chi connectivity index (χ3n) is 3.02. The Balaban J connectivity index is 1.97. The van der Waals surface area contributed by atoms with E-state index in [1.807, 2.05) is 0 Å². The summed E-state index contributed by atoms with van der Waals surface area (Å²) in [5, 5.41) is 12.4. The number of aliphatic hydroxyl groups is 1. The van der Waals surface area contributed by atoms with Crippen molar-refractivity contribution < 1.29 is 18.7 Å². The third kappa shape index (κ3) is 3.83. The molecule has 0 radical (unpaired) electrons. The van der Waals surface area contributed by atoms with Gasteiger partial charge >= 0.3 is 0 Å². The van der Waals surface area contributed by atoms with Crippen molar-refractivity contribution in [3.8, 4) is 0 Å². The summed E-state index contributed by atoms with van der Waals surface area (Å²) in [6.07, 6.45) is 0.916. The number of carbonyl (C=O) groups excluding carboxylic acids is 1. The van der Waals surface area contributed by atoms with Crippen LogP contribution in [-0.4, -0.2) is 17.1 Å². The topological polar surface area (TPSA) is 62.5 Å². The molecule has 1 heterocycles. The fourth-order valence-electron chi connectivity index (χ4n) is 1.97. The van der Waals surface area contributed by atoms with Crippen LogP contribution in [-0.2, 0) is 0 Å². The normalized spacial score (nSPS) is 13.7. The van der Waals surface area contributed by atoms with E-state index in [0.717, 1.165) is 0 Å². The predicted molar refractivity (Wildman–Crippen MR) is 76.6 cm³/mol. The molecule has 0 bridgehead atoms. The van der Waals surface area contributed by atoms with Crippen LogP contribution < -0.4 is 5.32 Å². The average molecular weight is 312 g/mol. The van der Waals surface area contributed by atoms with Gasteiger partial charge in [-0.2, -0.15) is 0 Å². The second-order valence-electron chi connectivity index (χ2n) is 4.74. The van der Waals surface area contributed by atoms with E-state index in [0.29, 0.717) is 5.76 Å². The van der Waals surface area contributed by atoms with Gasteiger partial charge in [-0.1, -0.05) is 17.7 Å². The first-order valence-corrected chi connectivity index (χ1v) is 6.83. The molecule has 21 heavy (non-hydrogen) atoms. The van der Waals surface area contributed by atoms with Crippen molar-refractivity contribution in [3.05, 3.63) is 58.8 Å². The summed E-state index contributed by atoms with van der Waals surface area (Å²) in [6, 6.07) is 7.03. The Bertz CT molecular complexity index is 615. The van der Waals surface area contributed by atoms with Gasteiger partial charge in [0.2, 0.25) is 0 Å². The quantitative estimate of drug-likeness (QED) is 0.890. The van der Waals surface area contributed by atoms with Gasteiger partial charge in [-0.15, -0.1) is 0 Å². The molecule has 2 rings (SSSR count). The van der Waals surface area contributed by atoms with Crippen LogP contribution in [0.4, 0.5) is 4.39 Å². The van der Waals surface area contributed by atoms with Crippen LogP contribution >= 0.6 is 11.6 Å². The van der Waals surface area contributed by atoms with E-state index in [1.165, 1.54) is 24.5 Å². The highest BCUT2D eigenvalue weighted by molar-refractivity contribution is 6.34. The number of halogens is 2. The first-order chi connectivity index (χ1) is 9.99. The molecule has 0 aliphatic carbocycles. The summed E-state index contributed by atoms with van der Waals surface area (Å²) in [6.45, 7) is 1.73. The van der Waals surface area contributed by atoms with E-state index in [4.69, 9.17) is 16.0 Å². The summed E-state index contributed by atoms with van der Waals surface area (Å²) < 4.78 is 18.4. The first kappa shape index (κ1) is 15.5. The van der Waals surface area contributed by atoms with E-state index in [1.54, 1.807) is 19.1 Å². The Kier molecular flexibility index (Phi) is 4.98. The van der Waals surface area contributed by atoms with Gasteiger partial charge in [0.25, 0.3) is 5.91 Å². The van der Waals surface area contributed by atoms with Gasteiger partial charge < -0.3 is 14.8 Å². The highest BCUT2D eigenvalue weighted by atomic mass is 35.5. The zero-order valence-corrected chi connectivity index (χ0v) is 12.1. The van der Waals surface area contributed by atoms with Crippen molar-refractivity contribution in [3.63, 3.8) is 0 Å². The van der Waals surface area contributed by atoms with Crippen molar-refractivity contribution >= 4 is 17.5 Å². The maximum atomic E-state index is 13.3. The van der Waals surface area contributed by atoms with Crippen molar-refractivity contribution in [1.29, 1.82) is 0 Å². The maximum Gasteiger partial charge on any atom is 0.253 e. The molecular formula is C15H15ClFNO3. The molecule has 1 aromatic heterocycles. The summed E-state index contributed by atoms with van der Waals surface area (Å²) in [5.41, 5.74) is 0.0657. The molecule has 2 unspecified atom stereocenters. The minimum Gasteiger partial charge on any atom is -0.467 e. The Morgan fingerprint density at radius 2 is 2.19 bits per heavy atom. The van der Waals surface area contributed by atoms with Crippen molar-refractivity contribution in [2.75, 3.05) is 0 Å². The van der Waals surface area contributed by atoms with E-state index in [-0.39, 0.29) is 23.0 Å². The summed E-state index contributed by atoms with van der Waals surface area (Å²) >= 11 is 5.76. The number of furan rings is 1. The van der Waals surface area contributed by atoms with Crippen LogP contribution in [0.1, 0.15) is 35.6 Å². The molecule has 2 aromatic rings. The SMILES string of the molecule is CC(CC(O)c1ccco1)NC(=O)c1cccc(F)c1Cl. The average Bonchev–Trinajstić information content (AvgIpc) is 2.95. The number of rotatable bonds is 5. The third-order valence-corrected chi connectivity index (χ3v) is 3.41. The molecule has 1 aromatic carbocycles. The first-order valence-electron chi connectivity index (χ1n) is 6.45. The fraction of sp³-hybridized carbons (Fsp3) is 0.267. The number of nitrogens with one attached hydrogen (secondary N) is 1. The standard InChI is InChI=1S/C15H15ClFNO3/c1-9(8-12(19)13-6-3-7-21-13)18-15(20)10-4-2-5-11(17)14(10)16/h2-7,9,12,19H,8H2,1H3,(H,18,20). The molecule has 0 aliphatic rings. The summed E-state index contributed by atoms with van der Waals surface area (Å²) in [5.74, 6) is -0.703. The molecule has 0 saturated heterocycles. The molecule has 6 heteroatoms. The number of aliphatic hydroxyl groups excluding tert-OH is 1. The minimum atomic E-state index is -0.821. The molecule has 0 saturated carbocycles. The van der Waals surface area contributed by atoms with Gasteiger partial charge in [0.05, 0.1) is 16.8 Å². The van der Waals surface area contributed by atoms with Crippen molar-refractivity contribution in [2.24, 2.45) is 0 Å². The second kappa shape index (κ2) is 6.74. The van der Waals surface area contributed by atoms with Gasteiger partial charge in [0.15, 0.2) is 0 Å². The van der Waals surface area contributed by atoms with Gasteiger partial charge in [-0.25, -0.2) is 4.39 Å². The van der Waals surface area contributed by atoms with E-state index in [2.05, 4.69) is 5.32 Å². The molecule has 0 fully saturated rings. The molecular weight excluding hydrogens is 297 g/mol. The molecule has 4 nitrogen and oxygen atoms in total. The van der Waals surface area contributed by atoms with Crippen LogP contribution in [0.25, 0.3) is 0 Å². The van der Waals surface area contributed by atoms with Crippen LogP contribution in [0.2, 0.25) is 5.02 Å². The highest BCUT2D eigenvalue weighted by Crippen LogP contribution is 2.21. The Morgan fingerprint density at radius 3 is 2.86 bits per heavy atom. The van der Waals surface area contributed by atoms with Gasteiger partial charge in [0.1, 0.15) is 17.7 Å². The lowest BCUT2D eigenvalue weighted by molar-refractivity contribution is 0.0903. The molecule has 2 atom stereocenters. The van der Waals surface area contributed by atoms with Crippen molar-refractivity contribution in [1.82, 2.24) is 5.32 Å². The molecule has 0 aliphatic heterocycles. The Labute approximate surface area is 126 Å². The van der Waals surface area contributed by atoms with Gasteiger partial charge in [-0.05, 0) is 31.2 Å². The zero-order chi connectivity index (χ0) is 15.4. The Hall–Kier alpha value is -1.85. The van der Waals surface area contributed by atoms with Crippen LogP contribution in [0, 0.1) is 5.82 Å². The second-order valence-corrected chi connectivity index (χ2v) is 5.12. The van der Waals surface area contributed by atoms with E-state index in [9.17, 15) is 14.3 Å². The van der Waals surface area contributed by atoms with Crippen LogP contribution in [0.5, 0.6) is 0 Å². The summed E-state index contributed by atoms with van der Waals surface area (Å²) in [7, 11) is 0. The number of amides is 1. The lowest BCUT2D eigenvalue weighted by Gasteiger charge is -2.17. The number of carbonyl (C=O) groups is 1. The van der Waals surface area contributed by atoms with E-state index < -0.39 is 17.8 Å². The van der Waals surface area contributed by atoms with Gasteiger partial charge in [-0.3, -0.25) is 4.79 Å². The molecule has 1 amide bonds. The molecule has 0 spiro atoms. The highest BCUT2D eigenvalue weighted by Gasteiger charge is 2.19. The number of hydrogen-bond donors (Lipinski definition) is 2. The number of hydrogen-bond acceptors (Lipinski definition) is 3. The predicted octanol–water partition coefficient (Wildman–Crippen LogP) is 3.31. The molecule has 112 valence electrons. The minimum absolute atomic E-state index is 0.0657. The van der Waals surface area contributed by atoms with E-state index >= 15 is 0 Å². The Morgan fingerprint density at radius 1 is 1.43 bits per heavy atom. The maximum absolute atomic E-state index is 13.3. The van der Waals surface area contributed by atoms with Gasteiger partial charge in [0, 0.05) is 12.5 Å². The lowest BCUT2D eigenvalue weighted by atomic mass is 10.1. The monoisotopic (exact) mass is 311 g/mol. The zero-order valence-electron chi connectivity index (χ0n) is 11.3. The van der Waals surface area contributed by atoms with Crippen LogP contribution in [0.15, 0.2) is 41.0 Å². The largest absolute Gasteiger partial charge is 0.467 e. The lowest BCUT2D eigenvalue weighted by Crippen LogP contribution is -2.34. The number of benzene rings is 1. The van der Waals surface area contributed by atoms with Crippen molar-refractivity contribution in [2.45, 2.75) is 25.5 Å².